The third kappa shape index (κ3) is 2.01. The van der Waals surface area contributed by atoms with Gasteiger partial charge in [-0.1, -0.05) is 6.07 Å². The smallest absolute Gasteiger partial charge is 0.417 e. The molecule has 1 aromatic carbocycles. The highest BCUT2D eigenvalue weighted by atomic mass is 16.4. The number of carbonyl (C=O) groups excluding carboxylic acids is 1. The number of H-pyrrole nitrogens is 1. The lowest BCUT2D eigenvalue weighted by Crippen LogP contribution is -2.12. The topological polar surface area (TPSA) is 101 Å². The molecule has 0 unspecified atom stereocenters. The predicted octanol–water partition coefficient (Wildman–Crippen LogP) is 1.67. The number of nitrogens with zero attached hydrogens (tertiary/aromatic N) is 1. The van der Waals surface area contributed by atoms with Crippen LogP contribution < -0.4 is 11.1 Å². The third-order valence-corrected chi connectivity index (χ3v) is 2.51. The predicted molar refractivity (Wildman–Crippen MR) is 66.0 cm³/mol. The van der Waals surface area contributed by atoms with Gasteiger partial charge in [-0.2, -0.15) is 0 Å². The molecule has 0 atom stereocenters. The Bertz CT molecular complexity index is 812. The minimum absolute atomic E-state index is 0.0487. The second-order valence-corrected chi connectivity index (χ2v) is 3.93. The molecule has 19 heavy (non-hydrogen) atoms. The number of hydrogen-bond donors (Lipinski definition) is 2. The zero-order chi connectivity index (χ0) is 13.4. The number of aromatic amines is 1. The number of amides is 1. The first-order valence-corrected chi connectivity index (χ1v) is 5.49. The Balaban J connectivity index is 1.97. The van der Waals surface area contributed by atoms with Gasteiger partial charge in [0.25, 0.3) is 5.89 Å². The molecule has 0 aliphatic rings. The molecular weight excluding hydrogens is 250 g/mol. The van der Waals surface area contributed by atoms with Crippen molar-refractivity contribution >= 4 is 22.7 Å². The van der Waals surface area contributed by atoms with Gasteiger partial charge in [0.1, 0.15) is 5.76 Å². The van der Waals surface area contributed by atoms with Gasteiger partial charge in [-0.05, 0) is 19.1 Å². The number of rotatable bonds is 2. The van der Waals surface area contributed by atoms with Gasteiger partial charge in [-0.15, -0.1) is 0 Å². The van der Waals surface area contributed by atoms with E-state index in [0.717, 1.165) is 0 Å². The van der Waals surface area contributed by atoms with Gasteiger partial charge >= 0.3 is 11.7 Å². The monoisotopic (exact) mass is 259 g/mol. The lowest BCUT2D eigenvalue weighted by molar-refractivity contribution is 0.0989. The summed E-state index contributed by atoms with van der Waals surface area (Å²) in [6.45, 7) is 1.69. The number of para-hydroxylation sites is 1. The Morgan fingerprint density at radius 2 is 2.21 bits per heavy atom. The van der Waals surface area contributed by atoms with E-state index in [1.165, 1.54) is 6.20 Å². The summed E-state index contributed by atoms with van der Waals surface area (Å²) in [6.07, 6.45) is 1.45. The van der Waals surface area contributed by atoms with Crippen molar-refractivity contribution in [3.8, 4) is 0 Å². The molecular formula is C12H9N3O4. The highest BCUT2D eigenvalue weighted by Gasteiger charge is 2.15. The van der Waals surface area contributed by atoms with E-state index in [2.05, 4.69) is 15.3 Å². The summed E-state index contributed by atoms with van der Waals surface area (Å²) in [6, 6.07) is 4.97. The maximum absolute atomic E-state index is 11.9. The first-order chi connectivity index (χ1) is 9.13. The van der Waals surface area contributed by atoms with Crippen LogP contribution in [0.1, 0.15) is 16.4 Å². The average molecular weight is 259 g/mol. The van der Waals surface area contributed by atoms with Gasteiger partial charge in [0.2, 0.25) is 0 Å². The summed E-state index contributed by atoms with van der Waals surface area (Å²) >= 11 is 0. The fourth-order valence-electron chi connectivity index (χ4n) is 1.71. The fourth-order valence-corrected chi connectivity index (χ4v) is 1.71. The maximum Gasteiger partial charge on any atom is 0.417 e. The van der Waals surface area contributed by atoms with Crippen LogP contribution in [0.15, 0.2) is 38.0 Å². The Kier molecular flexibility index (Phi) is 2.45. The number of aromatic nitrogens is 2. The average Bonchev–Trinajstić information content (AvgIpc) is 2.95. The number of benzene rings is 1. The van der Waals surface area contributed by atoms with Gasteiger partial charge in [-0.25, -0.2) is 9.78 Å². The lowest BCUT2D eigenvalue weighted by atomic mass is 10.3. The van der Waals surface area contributed by atoms with Crippen molar-refractivity contribution < 1.29 is 13.6 Å². The molecule has 0 aliphatic carbocycles. The molecule has 0 spiro atoms. The van der Waals surface area contributed by atoms with E-state index in [1.54, 1.807) is 25.1 Å². The van der Waals surface area contributed by atoms with Crippen molar-refractivity contribution in [3.05, 3.63) is 46.6 Å². The molecule has 0 aliphatic heterocycles. The normalized spacial score (nSPS) is 10.8. The van der Waals surface area contributed by atoms with E-state index in [9.17, 15) is 9.59 Å². The number of oxazole rings is 2. The Morgan fingerprint density at radius 3 is 2.95 bits per heavy atom. The third-order valence-electron chi connectivity index (χ3n) is 2.51. The quantitative estimate of drug-likeness (QED) is 0.728. The number of fused-ring (bicyclic) bond motifs is 1. The van der Waals surface area contributed by atoms with Crippen LogP contribution in [0.3, 0.4) is 0 Å². The Labute approximate surface area is 106 Å². The summed E-state index contributed by atoms with van der Waals surface area (Å²) in [5.74, 6) is -0.600. The van der Waals surface area contributed by atoms with E-state index in [0.29, 0.717) is 17.0 Å². The molecule has 0 fully saturated rings. The minimum Gasteiger partial charge on any atom is -0.438 e. The largest absolute Gasteiger partial charge is 0.438 e. The summed E-state index contributed by atoms with van der Waals surface area (Å²) in [5, 5.41) is 2.58. The van der Waals surface area contributed by atoms with Gasteiger partial charge in [0, 0.05) is 0 Å². The molecule has 2 aromatic heterocycles. The van der Waals surface area contributed by atoms with Gasteiger partial charge in [0.05, 0.1) is 17.4 Å². The molecule has 2 N–H and O–H groups in total. The van der Waals surface area contributed by atoms with E-state index in [-0.39, 0.29) is 11.5 Å². The van der Waals surface area contributed by atoms with Crippen molar-refractivity contribution in [3.63, 3.8) is 0 Å². The van der Waals surface area contributed by atoms with Crippen LogP contribution in [0, 0.1) is 6.92 Å². The van der Waals surface area contributed by atoms with Crippen LogP contribution in [0.25, 0.3) is 11.1 Å². The van der Waals surface area contributed by atoms with Crippen LogP contribution in [-0.4, -0.2) is 15.9 Å². The van der Waals surface area contributed by atoms with Crippen LogP contribution in [0.2, 0.25) is 0 Å². The van der Waals surface area contributed by atoms with E-state index in [1.807, 2.05) is 0 Å². The highest BCUT2D eigenvalue weighted by molar-refractivity contribution is 6.05. The highest BCUT2D eigenvalue weighted by Crippen LogP contribution is 2.21. The minimum atomic E-state index is -0.580. The Hall–Kier alpha value is -2.83. The van der Waals surface area contributed by atoms with Crippen LogP contribution in [-0.2, 0) is 0 Å². The zero-order valence-electron chi connectivity index (χ0n) is 9.89. The van der Waals surface area contributed by atoms with Crippen molar-refractivity contribution in [1.29, 1.82) is 0 Å². The molecule has 7 nitrogen and oxygen atoms in total. The number of carbonyl (C=O) groups is 1. The van der Waals surface area contributed by atoms with E-state index >= 15 is 0 Å². The molecule has 96 valence electrons. The summed E-state index contributed by atoms with van der Waals surface area (Å²) < 4.78 is 10.1. The summed E-state index contributed by atoms with van der Waals surface area (Å²) in [4.78, 5) is 29.3. The fraction of sp³-hybridized carbons (Fsp3) is 0.0833. The summed E-state index contributed by atoms with van der Waals surface area (Å²) in [7, 11) is 0. The number of anilines is 1. The molecule has 7 heteroatoms. The number of hydrogen-bond acceptors (Lipinski definition) is 5. The number of nitrogens with one attached hydrogen (secondary N) is 2. The molecule has 3 rings (SSSR count). The summed E-state index contributed by atoms with van der Waals surface area (Å²) in [5.41, 5.74) is 1.16. The standard InChI is InChI=1S/C12H9N3O4/c1-6-5-13-11(18-6)10(16)14-7-3-2-4-8-9(7)19-12(17)15-8/h2-5H,1H3,(H,14,16)(H,15,17). The molecule has 0 bridgehead atoms. The lowest BCUT2D eigenvalue weighted by Gasteiger charge is -2.02. The van der Waals surface area contributed by atoms with E-state index in [4.69, 9.17) is 8.83 Å². The van der Waals surface area contributed by atoms with E-state index < -0.39 is 11.7 Å². The molecule has 0 saturated carbocycles. The van der Waals surface area contributed by atoms with Crippen LogP contribution in [0.4, 0.5) is 5.69 Å². The molecule has 0 radical (unpaired) electrons. The molecule has 0 saturated heterocycles. The Morgan fingerprint density at radius 1 is 1.37 bits per heavy atom. The molecule has 1 amide bonds. The van der Waals surface area contributed by atoms with Crippen LogP contribution in [0.5, 0.6) is 0 Å². The van der Waals surface area contributed by atoms with Crippen molar-refractivity contribution in [2.75, 3.05) is 5.32 Å². The first-order valence-electron chi connectivity index (χ1n) is 5.49. The maximum atomic E-state index is 11.9. The number of aryl methyl sites for hydroxylation is 1. The van der Waals surface area contributed by atoms with Crippen molar-refractivity contribution in [2.24, 2.45) is 0 Å². The molecule has 3 aromatic rings. The van der Waals surface area contributed by atoms with Gasteiger partial charge < -0.3 is 14.2 Å². The zero-order valence-corrected chi connectivity index (χ0v) is 9.89. The van der Waals surface area contributed by atoms with Crippen molar-refractivity contribution in [1.82, 2.24) is 9.97 Å². The van der Waals surface area contributed by atoms with Crippen LogP contribution >= 0.6 is 0 Å². The molecule has 2 heterocycles. The van der Waals surface area contributed by atoms with Gasteiger partial charge in [0.15, 0.2) is 5.58 Å². The van der Waals surface area contributed by atoms with Crippen molar-refractivity contribution in [2.45, 2.75) is 6.92 Å². The SMILES string of the molecule is Cc1cnc(C(=O)Nc2cccc3[nH]c(=O)oc23)o1. The first kappa shape index (κ1) is 11.3. The van der Waals surface area contributed by atoms with Gasteiger partial charge in [-0.3, -0.25) is 9.78 Å². The second-order valence-electron chi connectivity index (χ2n) is 3.93. The second kappa shape index (κ2) is 4.13.